The molecule has 1 N–H and O–H groups in total. The third-order valence-electron chi connectivity index (χ3n) is 4.96. The number of hydrogen-bond acceptors (Lipinski definition) is 6. The Balaban J connectivity index is 1.42. The predicted octanol–water partition coefficient (Wildman–Crippen LogP) is 3.86. The van der Waals surface area contributed by atoms with Crippen molar-refractivity contribution in [3.63, 3.8) is 0 Å². The van der Waals surface area contributed by atoms with Crippen LogP contribution in [0.1, 0.15) is 5.56 Å². The van der Waals surface area contributed by atoms with Crippen LogP contribution in [0, 0.1) is 6.92 Å². The van der Waals surface area contributed by atoms with Crippen LogP contribution in [0.2, 0.25) is 0 Å². The van der Waals surface area contributed by atoms with Gasteiger partial charge >= 0.3 is 0 Å². The van der Waals surface area contributed by atoms with Crippen LogP contribution in [0.3, 0.4) is 0 Å². The van der Waals surface area contributed by atoms with E-state index in [0.29, 0.717) is 0 Å². The van der Waals surface area contributed by atoms with Gasteiger partial charge in [0.05, 0.1) is 12.8 Å². The van der Waals surface area contributed by atoms with E-state index in [9.17, 15) is 0 Å². The fraction of sp³-hybridized carbons (Fsp3) is 0.273. The van der Waals surface area contributed by atoms with E-state index in [0.717, 1.165) is 55.1 Å². The maximum absolute atomic E-state index is 5.50. The number of nitrogens with one attached hydrogen (secondary N) is 1. The highest BCUT2D eigenvalue weighted by molar-refractivity contribution is 5.60. The first-order chi connectivity index (χ1) is 13.7. The summed E-state index contributed by atoms with van der Waals surface area (Å²) >= 11 is 0. The third kappa shape index (κ3) is 4.01. The van der Waals surface area contributed by atoms with Gasteiger partial charge in [0.25, 0.3) is 0 Å². The van der Waals surface area contributed by atoms with E-state index < -0.39 is 0 Å². The Labute approximate surface area is 165 Å². The van der Waals surface area contributed by atoms with E-state index in [1.807, 2.05) is 30.5 Å². The largest absolute Gasteiger partial charge is 0.495 e. The van der Waals surface area contributed by atoms with Gasteiger partial charge in [-0.05, 0) is 37.3 Å². The van der Waals surface area contributed by atoms with Crippen LogP contribution in [0.4, 0.5) is 23.1 Å². The minimum absolute atomic E-state index is 0.761. The lowest BCUT2D eigenvalue weighted by molar-refractivity contribution is 0.413. The van der Waals surface area contributed by atoms with Crippen molar-refractivity contribution < 1.29 is 4.74 Å². The maximum atomic E-state index is 5.50. The number of nitrogens with zero attached hydrogens (tertiary/aromatic N) is 4. The molecular weight excluding hydrogens is 350 g/mol. The summed E-state index contributed by atoms with van der Waals surface area (Å²) in [6.45, 7) is 5.62. The molecule has 4 rings (SSSR count). The number of piperazine rings is 1. The van der Waals surface area contributed by atoms with Crippen molar-refractivity contribution in [2.24, 2.45) is 0 Å². The van der Waals surface area contributed by atoms with Gasteiger partial charge in [-0.1, -0.05) is 29.8 Å². The second kappa shape index (κ2) is 8.17. The van der Waals surface area contributed by atoms with Gasteiger partial charge in [0.15, 0.2) is 0 Å². The summed E-state index contributed by atoms with van der Waals surface area (Å²) in [7, 11) is 1.72. The van der Waals surface area contributed by atoms with Gasteiger partial charge in [0.1, 0.15) is 11.6 Å². The first kappa shape index (κ1) is 18.1. The van der Waals surface area contributed by atoms with Gasteiger partial charge in [-0.25, -0.2) is 4.98 Å². The Morgan fingerprint density at radius 1 is 0.893 bits per heavy atom. The van der Waals surface area contributed by atoms with Crippen molar-refractivity contribution >= 4 is 23.1 Å². The molecule has 1 aliphatic heterocycles. The number of rotatable bonds is 5. The predicted molar refractivity (Wildman–Crippen MR) is 114 cm³/mol. The van der Waals surface area contributed by atoms with E-state index in [4.69, 9.17) is 9.72 Å². The molecule has 0 atom stereocenters. The smallest absolute Gasteiger partial charge is 0.227 e. The summed E-state index contributed by atoms with van der Waals surface area (Å²) in [5.74, 6) is 2.48. The summed E-state index contributed by atoms with van der Waals surface area (Å²) in [6, 6.07) is 18.3. The van der Waals surface area contributed by atoms with Gasteiger partial charge < -0.3 is 19.9 Å². The van der Waals surface area contributed by atoms with Crippen LogP contribution in [0.15, 0.2) is 60.8 Å². The average molecular weight is 375 g/mol. The normalized spacial score (nSPS) is 14.1. The molecule has 0 amide bonds. The van der Waals surface area contributed by atoms with Crippen molar-refractivity contribution in [1.82, 2.24) is 9.97 Å². The fourth-order valence-corrected chi connectivity index (χ4v) is 3.39. The van der Waals surface area contributed by atoms with Crippen molar-refractivity contribution in [2.75, 3.05) is 48.4 Å². The maximum Gasteiger partial charge on any atom is 0.227 e. The van der Waals surface area contributed by atoms with E-state index in [1.165, 1.54) is 5.56 Å². The molecule has 2 heterocycles. The SMILES string of the molecule is COc1ccccc1N1CCN(c2nccc(Nc3ccc(C)cc3)n2)CC1. The van der Waals surface area contributed by atoms with Crippen molar-refractivity contribution in [2.45, 2.75) is 6.92 Å². The minimum atomic E-state index is 0.761. The molecule has 6 nitrogen and oxygen atoms in total. The third-order valence-corrected chi connectivity index (χ3v) is 4.96. The number of hydrogen-bond donors (Lipinski definition) is 1. The molecule has 0 radical (unpaired) electrons. The van der Waals surface area contributed by atoms with E-state index in [-0.39, 0.29) is 0 Å². The molecule has 2 aromatic carbocycles. The molecule has 0 bridgehead atoms. The number of para-hydroxylation sites is 2. The zero-order valence-corrected chi connectivity index (χ0v) is 16.3. The van der Waals surface area contributed by atoms with Crippen LogP contribution in [-0.2, 0) is 0 Å². The quantitative estimate of drug-likeness (QED) is 0.731. The molecular formula is C22H25N5O. The highest BCUT2D eigenvalue weighted by atomic mass is 16.5. The Hall–Kier alpha value is -3.28. The highest BCUT2D eigenvalue weighted by Gasteiger charge is 2.21. The number of benzene rings is 2. The van der Waals surface area contributed by atoms with Gasteiger partial charge in [-0.3, -0.25) is 0 Å². The molecule has 0 aliphatic carbocycles. The van der Waals surface area contributed by atoms with Gasteiger partial charge in [0, 0.05) is 38.1 Å². The lowest BCUT2D eigenvalue weighted by Crippen LogP contribution is -2.47. The Morgan fingerprint density at radius 3 is 2.36 bits per heavy atom. The molecule has 1 aliphatic rings. The van der Waals surface area contributed by atoms with Crippen molar-refractivity contribution in [1.29, 1.82) is 0 Å². The van der Waals surface area contributed by atoms with Gasteiger partial charge in [0.2, 0.25) is 5.95 Å². The summed E-state index contributed by atoms with van der Waals surface area (Å²) in [5, 5.41) is 3.36. The fourth-order valence-electron chi connectivity index (χ4n) is 3.39. The first-order valence-electron chi connectivity index (χ1n) is 9.52. The Kier molecular flexibility index (Phi) is 5.28. The summed E-state index contributed by atoms with van der Waals surface area (Å²) in [6.07, 6.45) is 1.81. The van der Waals surface area contributed by atoms with Crippen LogP contribution in [-0.4, -0.2) is 43.3 Å². The topological polar surface area (TPSA) is 53.5 Å². The van der Waals surface area contributed by atoms with Crippen LogP contribution >= 0.6 is 0 Å². The monoisotopic (exact) mass is 375 g/mol. The van der Waals surface area contributed by atoms with Gasteiger partial charge in [-0.2, -0.15) is 4.98 Å². The van der Waals surface area contributed by atoms with Crippen LogP contribution in [0.25, 0.3) is 0 Å². The lowest BCUT2D eigenvalue weighted by Gasteiger charge is -2.36. The molecule has 0 unspecified atom stereocenters. The number of aromatic nitrogens is 2. The molecule has 1 aromatic heterocycles. The highest BCUT2D eigenvalue weighted by Crippen LogP contribution is 2.29. The lowest BCUT2D eigenvalue weighted by atomic mass is 10.2. The summed E-state index contributed by atoms with van der Waals surface area (Å²) < 4.78 is 5.50. The zero-order valence-electron chi connectivity index (χ0n) is 16.3. The first-order valence-corrected chi connectivity index (χ1v) is 9.52. The molecule has 1 fully saturated rings. The Bertz CT molecular complexity index is 920. The molecule has 0 saturated carbocycles. The molecule has 3 aromatic rings. The molecule has 0 spiro atoms. The second-order valence-electron chi connectivity index (χ2n) is 6.88. The van der Waals surface area contributed by atoms with Crippen LogP contribution < -0.4 is 19.9 Å². The number of methoxy groups -OCH3 is 1. The molecule has 6 heteroatoms. The van der Waals surface area contributed by atoms with Crippen molar-refractivity contribution in [3.8, 4) is 5.75 Å². The zero-order chi connectivity index (χ0) is 19.3. The average Bonchev–Trinajstić information content (AvgIpc) is 2.76. The van der Waals surface area contributed by atoms with Gasteiger partial charge in [-0.15, -0.1) is 0 Å². The summed E-state index contributed by atoms with van der Waals surface area (Å²) in [5.41, 5.74) is 3.40. The number of ether oxygens (including phenoxy) is 1. The Morgan fingerprint density at radius 2 is 1.61 bits per heavy atom. The van der Waals surface area contributed by atoms with E-state index in [2.05, 4.69) is 57.4 Å². The second-order valence-corrected chi connectivity index (χ2v) is 6.88. The minimum Gasteiger partial charge on any atom is -0.495 e. The standard InChI is InChI=1S/C22H25N5O/c1-17-7-9-18(10-8-17)24-21-11-12-23-22(25-21)27-15-13-26(14-16-27)19-5-3-4-6-20(19)28-2/h3-12H,13-16H2,1-2H3,(H,23,24,25). The van der Waals surface area contributed by atoms with Crippen LogP contribution in [0.5, 0.6) is 5.75 Å². The number of aryl methyl sites for hydroxylation is 1. The molecule has 144 valence electrons. The number of anilines is 4. The van der Waals surface area contributed by atoms with E-state index >= 15 is 0 Å². The molecule has 28 heavy (non-hydrogen) atoms. The van der Waals surface area contributed by atoms with E-state index in [1.54, 1.807) is 7.11 Å². The van der Waals surface area contributed by atoms with Crippen molar-refractivity contribution in [3.05, 3.63) is 66.4 Å². The summed E-state index contributed by atoms with van der Waals surface area (Å²) in [4.78, 5) is 13.8. The molecule has 1 saturated heterocycles.